The van der Waals surface area contributed by atoms with Crippen LogP contribution in [-0.4, -0.2) is 62.7 Å². The summed E-state index contributed by atoms with van der Waals surface area (Å²) < 4.78 is 0. The van der Waals surface area contributed by atoms with Gasteiger partial charge in [0.25, 0.3) is 0 Å². The van der Waals surface area contributed by atoms with Crippen molar-refractivity contribution in [3.8, 4) is 0 Å². The van der Waals surface area contributed by atoms with E-state index in [2.05, 4.69) is 0 Å². The van der Waals surface area contributed by atoms with Gasteiger partial charge in [0.2, 0.25) is 0 Å². The molecule has 0 spiro atoms. The fourth-order valence-electron chi connectivity index (χ4n) is 1.37. The van der Waals surface area contributed by atoms with Gasteiger partial charge in [0.15, 0.2) is 0 Å². The van der Waals surface area contributed by atoms with Crippen LogP contribution in [0.25, 0.3) is 0 Å². The van der Waals surface area contributed by atoms with E-state index >= 15 is 0 Å². The summed E-state index contributed by atoms with van der Waals surface area (Å²) in [5.74, 6) is -12.0. The van der Waals surface area contributed by atoms with E-state index in [4.69, 9.17) is 10.2 Å². The zero-order valence-electron chi connectivity index (χ0n) is 20.1. The van der Waals surface area contributed by atoms with E-state index in [1.54, 1.807) is 0 Å². The van der Waals surface area contributed by atoms with E-state index in [1.165, 1.54) is 0 Å². The smallest absolute Gasteiger partial charge is 0.870 e. The van der Waals surface area contributed by atoms with Crippen LogP contribution in [0.4, 0.5) is 0 Å². The van der Waals surface area contributed by atoms with Crippen LogP contribution in [0.3, 0.4) is 0 Å². The van der Waals surface area contributed by atoms with Crippen molar-refractivity contribution in [3.05, 3.63) is 0 Å². The van der Waals surface area contributed by atoms with Crippen molar-refractivity contribution < 1.29 is 413 Å². The number of rotatable bonds is 10. The summed E-state index contributed by atoms with van der Waals surface area (Å²) >= 11 is 0. The molecule has 0 amide bonds. The molecule has 0 aliphatic carbocycles. The number of hydrogen-bond acceptors (Lipinski definition) is 15. The van der Waals surface area contributed by atoms with Crippen molar-refractivity contribution >= 4 is 35.8 Å². The van der Waals surface area contributed by atoms with Crippen LogP contribution in [0.1, 0.15) is 25.7 Å². The van der Waals surface area contributed by atoms with E-state index in [9.17, 15) is 59.4 Å². The van der Waals surface area contributed by atoms with Crippen LogP contribution < -0.4 is 369 Å². The minimum Gasteiger partial charge on any atom is -0.870 e. The number of carboxylic acids is 6. The minimum atomic E-state index is -2.97. The Balaban J connectivity index is -0.0000000343. The molecule has 0 fully saturated rings. The standard InChI is InChI=1S/2C6H8O7.6K.Na.H2O/c2*7-3(8)1-6(13,5(11)12)2-4(9)10;;;;;;;;/h2*13H,1-2H2,(H,7,8)(H,9,10)(H,11,12);;;;;;;;1H2/q;;7*+1;/p-7. The average molecular weight is 653 g/mol. The molecule has 0 aromatic heterocycles. The molecule has 34 heavy (non-hydrogen) atoms. The third kappa shape index (κ3) is 37.5. The van der Waals surface area contributed by atoms with E-state index < -0.39 is 72.7 Å². The second-order valence-corrected chi connectivity index (χ2v) is 4.83. The Kier molecular flexibility index (Phi) is 74.1. The van der Waals surface area contributed by atoms with Crippen LogP contribution in [0.15, 0.2) is 0 Å². The Labute approximate surface area is 471 Å². The first kappa shape index (κ1) is 68.6. The van der Waals surface area contributed by atoms with Crippen molar-refractivity contribution in [2.24, 2.45) is 0 Å². The Morgan fingerprint density at radius 2 is 0.588 bits per heavy atom. The van der Waals surface area contributed by atoms with Gasteiger partial charge in [-0.25, -0.2) is 0 Å². The number of carbonyl (C=O) groups is 6. The zero-order chi connectivity index (χ0) is 21.3. The van der Waals surface area contributed by atoms with Crippen LogP contribution in [0, 0.1) is 0 Å². The normalized spacial score (nSPS) is 8.29. The molecule has 0 unspecified atom stereocenters. The summed E-state index contributed by atoms with van der Waals surface area (Å²) in [7, 11) is 0. The number of carbonyl (C=O) groups excluding carboxylic acids is 6. The molecule has 0 atom stereocenters. The molecule has 0 aliphatic heterocycles. The zero-order valence-corrected chi connectivity index (χ0v) is 40.8. The molecule has 22 heteroatoms. The molecule has 3 N–H and O–H groups in total. The predicted molar refractivity (Wildman–Crippen MR) is 60.3 cm³/mol. The van der Waals surface area contributed by atoms with Crippen molar-refractivity contribution in [2.45, 2.75) is 36.9 Å². The van der Waals surface area contributed by atoms with Crippen molar-refractivity contribution in [2.75, 3.05) is 0 Å². The molecule has 0 saturated carbocycles. The number of hydrogen-bond donors (Lipinski definition) is 2. The van der Waals surface area contributed by atoms with Gasteiger partial charge in [-0.3, -0.25) is 0 Å². The maximum Gasteiger partial charge on any atom is 1.00 e. The van der Waals surface area contributed by atoms with E-state index in [0.717, 1.165) is 0 Å². The Bertz CT molecular complexity index is 537. The molecule has 156 valence electrons. The molecule has 0 aromatic rings. The van der Waals surface area contributed by atoms with E-state index in [-0.39, 0.29) is 343 Å². The van der Waals surface area contributed by atoms with Crippen LogP contribution >= 0.6 is 0 Å². The van der Waals surface area contributed by atoms with Crippen molar-refractivity contribution in [1.82, 2.24) is 0 Å². The Hall–Kier alpha value is 7.52. The molecule has 0 bridgehead atoms. The molecule has 0 rings (SSSR count). The Morgan fingerprint density at radius 1 is 0.471 bits per heavy atom. The molecule has 0 aromatic carbocycles. The maximum absolute atomic E-state index is 10.1. The third-order valence-electron chi connectivity index (χ3n) is 2.51. The molecular formula is C12H11K6NaO15. The first-order valence-electron chi connectivity index (χ1n) is 6.23. The second-order valence-electron chi connectivity index (χ2n) is 4.83. The first-order chi connectivity index (χ1) is 11.6. The summed E-state index contributed by atoms with van der Waals surface area (Å²) in [6.45, 7) is 0. The van der Waals surface area contributed by atoms with Gasteiger partial charge in [0.1, 0.15) is 11.2 Å². The minimum absolute atomic E-state index is 0. The fourth-order valence-corrected chi connectivity index (χ4v) is 1.37. The quantitative estimate of drug-likeness (QED) is 0.207. The molecule has 0 radical (unpaired) electrons. The summed E-state index contributed by atoms with van der Waals surface area (Å²) in [5, 5.41) is 77.9. The fraction of sp³-hybridized carbons (Fsp3) is 0.500. The average Bonchev–Trinajstić information content (AvgIpc) is 2.34. The second kappa shape index (κ2) is 36.7. The van der Waals surface area contributed by atoms with Gasteiger partial charge in [0, 0.05) is 49.6 Å². The first-order valence-corrected chi connectivity index (χ1v) is 6.23. The van der Waals surface area contributed by atoms with Crippen molar-refractivity contribution in [3.63, 3.8) is 0 Å². The van der Waals surface area contributed by atoms with E-state index in [0.29, 0.717) is 0 Å². The van der Waals surface area contributed by atoms with Gasteiger partial charge < -0.3 is 75.1 Å². The summed E-state index contributed by atoms with van der Waals surface area (Å²) in [5.41, 5.74) is -5.95. The van der Waals surface area contributed by atoms with Crippen LogP contribution in [0.2, 0.25) is 0 Å². The third-order valence-corrected chi connectivity index (χ3v) is 2.51. The molecular weight excluding hydrogens is 642 g/mol. The molecule has 15 nitrogen and oxygen atoms in total. The Morgan fingerprint density at radius 3 is 0.647 bits per heavy atom. The number of carboxylic acid groups (broad SMARTS) is 6. The topological polar surface area (TPSA) is 311 Å². The van der Waals surface area contributed by atoms with Crippen molar-refractivity contribution in [1.29, 1.82) is 0 Å². The summed E-state index contributed by atoms with van der Waals surface area (Å²) in [6.07, 6.45) is -5.43. The van der Waals surface area contributed by atoms with Gasteiger partial charge in [-0.1, -0.05) is 0 Å². The number of aliphatic carboxylic acids is 6. The summed E-state index contributed by atoms with van der Waals surface area (Å²) in [4.78, 5) is 60.0. The largest absolute Gasteiger partial charge is 1.00 e. The SMILES string of the molecule is O=C([O-])CC(O)(CC(=O)[O-])C(=O)[O-].O=C([O-])CC(O)(CC(=O)[O-])C(=O)[O-].[K+].[K+].[K+].[K+].[K+].[K+].[Na+].[OH-]. The van der Waals surface area contributed by atoms with Gasteiger partial charge in [-0.2, -0.15) is 0 Å². The van der Waals surface area contributed by atoms with Crippen LogP contribution in [0.5, 0.6) is 0 Å². The van der Waals surface area contributed by atoms with Gasteiger partial charge >= 0.3 is 338 Å². The number of aliphatic hydroxyl groups is 2. The molecule has 0 saturated heterocycles. The van der Waals surface area contributed by atoms with Gasteiger partial charge in [-0.05, 0) is 0 Å². The monoisotopic (exact) mass is 652 g/mol. The van der Waals surface area contributed by atoms with E-state index in [1.807, 2.05) is 0 Å². The van der Waals surface area contributed by atoms with Gasteiger partial charge in [-0.15, -0.1) is 0 Å². The molecule has 0 heterocycles. The maximum atomic E-state index is 10.1. The van der Waals surface area contributed by atoms with Gasteiger partial charge in [0.05, 0.1) is 11.9 Å². The predicted octanol–water partition coefficient (Wildman–Crippen LogP) is -31.7. The molecule has 0 aliphatic rings. The van der Waals surface area contributed by atoms with Crippen LogP contribution in [-0.2, 0) is 28.8 Å². The summed E-state index contributed by atoms with van der Waals surface area (Å²) in [6, 6.07) is 0.